The Morgan fingerprint density at radius 3 is 2.87 bits per heavy atom. The van der Waals surface area contributed by atoms with Gasteiger partial charge in [0.15, 0.2) is 5.69 Å². The number of aromatic nitrogens is 2. The SMILES string of the molecule is Nc1ccc(-c2ccc(Cl)cc2F)nc1C(=O)Nc1cnccc1N1CCC[C@H](N)C1. The highest BCUT2D eigenvalue weighted by Gasteiger charge is 2.21. The van der Waals surface area contributed by atoms with E-state index in [9.17, 15) is 9.18 Å². The third-order valence-corrected chi connectivity index (χ3v) is 5.43. The largest absolute Gasteiger partial charge is 0.397 e. The van der Waals surface area contributed by atoms with Gasteiger partial charge < -0.3 is 21.7 Å². The number of nitrogens with one attached hydrogen (secondary N) is 1. The lowest BCUT2D eigenvalue weighted by Gasteiger charge is -2.33. The lowest BCUT2D eigenvalue weighted by molar-refractivity contribution is 0.102. The summed E-state index contributed by atoms with van der Waals surface area (Å²) >= 11 is 5.83. The summed E-state index contributed by atoms with van der Waals surface area (Å²) in [5.41, 5.74) is 14.2. The maximum Gasteiger partial charge on any atom is 0.276 e. The van der Waals surface area contributed by atoms with Crippen molar-refractivity contribution in [1.82, 2.24) is 9.97 Å². The van der Waals surface area contributed by atoms with Crippen molar-refractivity contribution < 1.29 is 9.18 Å². The van der Waals surface area contributed by atoms with E-state index in [4.69, 9.17) is 23.1 Å². The first-order valence-electron chi connectivity index (χ1n) is 9.90. The molecule has 160 valence electrons. The third-order valence-electron chi connectivity index (χ3n) is 5.19. The molecule has 7 nitrogen and oxygen atoms in total. The molecule has 9 heteroatoms. The summed E-state index contributed by atoms with van der Waals surface area (Å²) in [6.07, 6.45) is 5.19. The predicted octanol–water partition coefficient (Wildman–Crippen LogP) is 3.70. The van der Waals surface area contributed by atoms with Gasteiger partial charge in [0.2, 0.25) is 0 Å². The Kier molecular flexibility index (Phi) is 6.01. The highest BCUT2D eigenvalue weighted by atomic mass is 35.5. The number of hydrogen-bond donors (Lipinski definition) is 3. The van der Waals surface area contributed by atoms with E-state index in [1.54, 1.807) is 24.5 Å². The molecule has 1 aromatic carbocycles. The lowest BCUT2D eigenvalue weighted by Crippen LogP contribution is -2.43. The molecule has 3 aromatic rings. The van der Waals surface area contributed by atoms with E-state index in [0.717, 1.165) is 25.1 Å². The number of piperidine rings is 1. The quantitative estimate of drug-likeness (QED) is 0.570. The van der Waals surface area contributed by atoms with E-state index in [-0.39, 0.29) is 33.7 Å². The number of halogens is 2. The van der Waals surface area contributed by atoms with E-state index in [2.05, 4.69) is 20.2 Å². The fourth-order valence-corrected chi connectivity index (χ4v) is 3.83. The molecular weight excluding hydrogens is 419 g/mol. The fraction of sp³-hybridized carbons (Fsp3) is 0.227. The number of amides is 1. The smallest absolute Gasteiger partial charge is 0.276 e. The molecule has 1 saturated heterocycles. The average Bonchev–Trinajstić information content (AvgIpc) is 2.75. The first-order valence-corrected chi connectivity index (χ1v) is 10.3. The fourth-order valence-electron chi connectivity index (χ4n) is 3.67. The van der Waals surface area contributed by atoms with Crippen LogP contribution in [0.3, 0.4) is 0 Å². The number of anilines is 3. The minimum Gasteiger partial charge on any atom is -0.397 e. The molecule has 0 saturated carbocycles. The molecule has 5 N–H and O–H groups in total. The van der Waals surface area contributed by atoms with Crippen LogP contribution in [-0.2, 0) is 0 Å². The molecule has 31 heavy (non-hydrogen) atoms. The molecule has 2 aromatic heterocycles. The number of nitrogen functional groups attached to an aromatic ring is 1. The molecule has 1 amide bonds. The molecule has 0 bridgehead atoms. The van der Waals surface area contributed by atoms with Crippen molar-refractivity contribution >= 4 is 34.6 Å². The van der Waals surface area contributed by atoms with Crippen molar-refractivity contribution in [2.24, 2.45) is 5.73 Å². The summed E-state index contributed by atoms with van der Waals surface area (Å²) in [4.78, 5) is 23.6. The Morgan fingerprint density at radius 2 is 2.10 bits per heavy atom. The van der Waals surface area contributed by atoms with Gasteiger partial charge in [-0.3, -0.25) is 9.78 Å². The molecule has 0 radical (unpaired) electrons. The number of carbonyl (C=O) groups is 1. The van der Waals surface area contributed by atoms with Crippen LogP contribution in [0, 0.1) is 5.82 Å². The minimum absolute atomic E-state index is 0.00278. The van der Waals surface area contributed by atoms with Crippen molar-refractivity contribution in [3.63, 3.8) is 0 Å². The number of hydrogen-bond acceptors (Lipinski definition) is 6. The molecule has 1 atom stereocenters. The standard InChI is InChI=1S/C22H22ClFN6O/c23-13-3-4-15(16(24)10-13)18-6-5-17(26)21(28-18)22(31)29-19-11-27-8-7-20(19)30-9-1-2-14(25)12-30/h3-8,10-11,14H,1-2,9,12,25-26H2,(H,29,31)/t14-/m0/s1. The Morgan fingerprint density at radius 1 is 1.26 bits per heavy atom. The van der Waals surface area contributed by atoms with E-state index >= 15 is 0 Å². The van der Waals surface area contributed by atoms with Crippen LogP contribution in [0.15, 0.2) is 48.8 Å². The zero-order valence-corrected chi connectivity index (χ0v) is 17.4. The Balaban J connectivity index is 1.63. The molecule has 0 spiro atoms. The van der Waals surface area contributed by atoms with E-state index in [1.807, 2.05) is 6.07 Å². The third kappa shape index (κ3) is 4.60. The van der Waals surface area contributed by atoms with Crippen molar-refractivity contribution in [2.45, 2.75) is 18.9 Å². The maximum absolute atomic E-state index is 14.3. The zero-order valence-electron chi connectivity index (χ0n) is 16.7. The first-order chi connectivity index (χ1) is 14.9. The van der Waals surface area contributed by atoms with Gasteiger partial charge in [0.05, 0.1) is 29.0 Å². The van der Waals surface area contributed by atoms with Gasteiger partial charge in [-0.25, -0.2) is 9.37 Å². The van der Waals surface area contributed by atoms with Crippen molar-refractivity contribution in [3.8, 4) is 11.3 Å². The summed E-state index contributed by atoms with van der Waals surface area (Å²) in [6, 6.07) is 9.26. The molecule has 1 aliphatic heterocycles. The van der Waals surface area contributed by atoms with Gasteiger partial charge in [-0.05, 0) is 49.2 Å². The summed E-state index contributed by atoms with van der Waals surface area (Å²) in [7, 11) is 0. The normalized spacial score (nSPS) is 16.2. The molecule has 3 heterocycles. The summed E-state index contributed by atoms with van der Waals surface area (Å²) in [6.45, 7) is 1.53. The number of rotatable bonds is 4. The van der Waals surface area contributed by atoms with E-state index < -0.39 is 11.7 Å². The van der Waals surface area contributed by atoms with Crippen LogP contribution in [0.4, 0.5) is 21.5 Å². The second kappa shape index (κ2) is 8.87. The number of carbonyl (C=O) groups excluding carboxylic acids is 1. The first kappa shape index (κ1) is 21.0. The Hall–Kier alpha value is -3.23. The van der Waals surface area contributed by atoms with Gasteiger partial charge in [0, 0.05) is 35.9 Å². The highest BCUT2D eigenvalue weighted by Crippen LogP contribution is 2.29. The lowest BCUT2D eigenvalue weighted by atomic mass is 10.1. The molecule has 0 unspecified atom stereocenters. The van der Waals surface area contributed by atoms with E-state index in [0.29, 0.717) is 12.2 Å². The summed E-state index contributed by atoms with van der Waals surface area (Å²) in [5.74, 6) is -1.05. The van der Waals surface area contributed by atoms with Crippen molar-refractivity contribution in [3.05, 3.63) is 65.3 Å². The second-order valence-corrected chi connectivity index (χ2v) is 7.89. The Labute approximate surface area is 184 Å². The number of pyridine rings is 2. The van der Waals surface area contributed by atoms with Crippen molar-refractivity contribution in [1.29, 1.82) is 0 Å². The van der Waals surface area contributed by atoms with Gasteiger partial charge in [0.25, 0.3) is 5.91 Å². The second-order valence-electron chi connectivity index (χ2n) is 7.45. The predicted molar refractivity (Wildman–Crippen MR) is 121 cm³/mol. The highest BCUT2D eigenvalue weighted by molar-refractivity contribution is 6.30. The van der Waals surface area contributed by atoms with Crippen LogP contribution in [0.25, 0.3) is 11.3 Å². The topological polar surface area (TPSA) is 110 Å². The summed E-state index contributed by atoms with van der Waals surface area (Å²) < 4.78 is 14.3. The van der Waals surface area contributed by atoms with Crippen LogP contribution in [0.2, 0.25) is 5.02 Å². The van der Waals surface area contributed by atoms with Crippen LogP contribution < -0.4 is 21.7 Å². The number of benzene rings is 1. The van der Waals surface area contributed by atoms with Gasteiger partial charge in [-0.2, -0.15) is 0 Å². The zero-order chi connectivity index (χ0) is 22.0. The number of nitrogens with zero attached hydrogens (tertiary/aromatic N) is 3. The van der Waals surface area contributed by atoms with Gasteiger partial charge in [-0.15, -0.1) is 0 Å². The molecule has 4 rings (SSSR count). The maximum atomic E-state index is 14.3. The van der Waals surface area contributed by atoms with Crippen LogP contribution >= 0.6 is 11.6 Å². The minimum atomic E-state index is -0.535. The Bertz CT molecular complexity index is 1120. The molecule has 1 aliphatic rings. The monoisotopic (exact) mass is 440 g/mol. The van der Waals surface area contributed by atoms with Crippen LogP contribution in [0.1, 0.15) is 23.3 Å². The van der Waals surface area contributed by atoms with E-state index in [1.165, 1.54) is 18.2 Å². The summed E-state index contributed by atoms with van der Waals surface area (Å²) in [5, 5.41) is 3.12. The average molecular weight is 441 g/mol. The van der Waals surface area contributed by atoms with Crippen molar-refractivity contribution in [2.75, 3.05) is 29.0 Å². The van der Waals surface area contributed by atoms with Gasteiger partial charge in [0.1, 0.15) is 5.82 Å². The van der Waals surface area contributed by atoms with Gasteiger partial charge >= 0.3 is 0 Å². The molecule has 1 fully saturated rings. The molecular formula is C22H22ClFN6O. The molecule has 0 aliphatic carbocycles. The van der Waals surface area contributed by atoms with Crippen LogP contribution in [-0.4, -0.2) is 35.0 Å². The van der Waals surface area contributed by atoms with Gasteiger partial charge in [-0.1, -0.05) is 11.6 Å². The van der Waals surface area contributed by atoms with Crippen LogP contribution in [0.5, 0.6) is 0 Å². The number of nitrogens with two attached hydrogens (primary N) is 2.